The van der Waals surface area contributed by atoms with Crippen LogP contribution in [-0.4, -0.2) is 29.3 Å². The number of benzene rings is 4. The minimum atomic E-state index is -0.801. The Balaban J connectivity index is 1.14. The van der Waals surface area contributed by atoms with Gasteiger partial charge in [-0.2, -0.15) is 0 Å². The summed E-state index contributed by atoms with van der Waals surface area (Å²) < 4.78 is 4.33. The molecule has 0 saturated heterocycles. The molecule has 0 aliphatic heterocycles. The van der Waals surface area contributed by atoms with Gasteiger partial charge in [0, 0.05) is 62.3 Å². The fourth-order valence-electron chi connectivity index (χ4n) is 6.70. The topological polar surface area (TPSA) is 76.1 Å². The van der Waals surface area contributed by atoms with Crippen LogP contribution in [0.1, 0.15) is 39.7 Å². The molecule has 0 aliphatic carbocycles. The summed E-state index contributed by atoms with van der Waals surface area (Å²) in [6.07, 6.45) is 5.10. The molecule has 2 N–H and O–H groups in total. The van der Waals surface area contributed by atoms with Gasteiger partial charge in [-0.25, -0.2) is 0 Å². The van der Waals surface area contributed by atoms with Crippen LogP contribution in [0.2, 0.25) is 0 Å². The quantitative estimate of drug-likeness (QED) is 0.200. The van der Waals surface area contributed by atoms with Crippen LogP contribution in [0.15, 0.2) is 122 Å². The zero-order valence-corrected chi connectivity index (χ0v) is 24.9. The van der Waals surface area contributed by atoms with Gasteiger partial charge in [-0.3, -0.25) is 9.97 Å². The maximum Gasteiger partial charge on any atom is 0.106 e. The first-order chi connectivity index (χ1) is 22.1. The number of aryl methyl sites for hydroxylation is 1. The number of rotatable bonds is 7. The molecule has 8 rings (SSSR count). The molecule has 0 aliphatic rings. The molecule has 220 valence electrons. The molecule has 4 aromatic heterocycles. The molecular formula is C39H32N4O2. The molecule has 6 nitrogen and oxygen atoms in total. The average Bonchev–Trinajstić information content (AvgIpc) is 3.63. The van der Waals surface area contributed by atoms with Crippen LogP contribution in [0.5, 0.6) is 0 Å². The number of aromatic nitrogens is 4. The third kappa shape index (κ3) is 4.75. The van der Waals surface area contributed by atoms with Crippen molar-refractivity contribution in [3.8, 4) is 0 Å². The summed E-state index contributed by atoms with van der Waals surface area (Å²) in [6, 6.07) is 35.0. The van der Waals surface area contributed by atoms with Crippen molar-refractivity contribution < 1.29 is 10.2 Å². The van der Waals surface area contributed by atoms with Gasteiger partial charge in [-0.1, -0.05) is 72.8 Å². The number of fused-ring (bicyclic) bond motifs is 4. The first-order valence-corrected chi connectivity index (χ1v) is 15.2. The number of nitrogens with zero attached hydrogens (tertiary/aromatic N) is 4. The lowest BCUT2D eigenvalue weighted by Crippen LogP contribution is -2.03. The molecule has 1 unspecified atom stereocenters. The maximum atomic E-state index is 11.8. The van der Waals surface area contributed by atoms with Crippen LogP contribution < -0.4 is 0 Å². The van der Waals surface area contributed by atoms with Gasteiger partial charge >= 0.3 is 0 Å². The van der Waals surface area contributed by atoms with E-state index in [-0.39, 0.29) is 6.61 Å². The van der Waals surface area contributed by atoms with Crippen LogP contribution in [0.4, 0.5) is 0 Å². The molecule has 4 aromatic carbocycles. The minimum Gasteiger partial charge on any atom is -0.392 e. The molecule has 6 heteroatoms. The Morgan fingerprint density at radius 2 is 1.49 bits per heavy atom. The van der Waals surface area contributed by atoms with E-state index in [4.69, 9.17) is 9.97 Å². The fourth-order valence-corrected chi connectivity index (χ4v) is 6.70. The molecule has 1 atom stereocenters. The summed E-state index contributed by atoms with van der Waals surface area (Å²) in [5, 5.41) is 27.0. The van der Waals surface area contributed by atoms with Gasteiger partial charge in [-0.15, -0.1) is 0 Å². The third-order valence-corrected chi connectivity index (χ3v) is 8.97. The van der Waals surface area contributed by atoms with E-state index in [2.05, 4.69) is 82.9 Å². The van der Waals surface area contributed by atoms with E-state index >= 15 is 0 Å². The Kier molecular flexibility index (Phi) is 6.67. The van der Waals surface area contributed by atoms with Crippen LogP contribution in [-0.2, 0) is 19.7 Å². The molecule has 4 heterocycles. The molecular weight excluding hydrogens is 556 g/mol. The van der Waals surface area contributed by atoms with E-state index in [1.165, 1.54) is 0 Å². The summed E-state index contributed by atoms with van der Waals surface area (Å²) in [6.45, 7) is 3.27. The second kappa shape index (κ2) is 11.0. The monoisotopic (exact) mass is 588 g/mol. The summed E-state index contributed by atoms with van der Waals surface area (Å²) in [5.41, 5.74) is 8.83. The molecule has 0 radical (unpaired) electrons. The predicted molar refractivity (Wildman–Crippen MR) is 180 cm³/mol. The predicted octanol–water partition coefficient (Wildman–Crippen LogP) is 7.67. The number of pyridine rings is 2. The van der Waals surface area contributed by atoms with Crippen LogP contribution >= 0.6 is 0 Å². The van der Waals surface area contributed by atoms with Crippen molar-refractivity contribution in [1.82, 2.24) is 19.1 Å². The number of hydrogen-bond donors (Lipinski definition) is 2. The van der Waals surface area contributed by atoms with Crippen molar-refractivity contribution >= 4 is 43.5 Å². The van der Waals surface area contributed by atoms with Crippen molar-refractivity contribution in [3.63, 3.8) is 0 Å². The standard InChI is InChI=1S/C39H32N4O2/c1-25-7-6-8-26-13-15-30(41-38(25)26)21-43-22-34(33-10-3-5-12-37(33)43)39(45)28-14-16-31-27(19-28)17-18-40-35(31)23-42-20-29(24-44)32-9-2-4-11-36(32)42/h2-20,22,39,44-45H,21,23-24H2,1H3. The summed E-state index contributed by atoms with van der Waals surface area (Å²) in [4.78, 5) is 9.71. The highest BCUT2D eigenvalue weighted by Gasteiger charge is 2.19. The molecule has 0 bridgehead atoms. The van der Waals surface area contributed by atoms with Gasteiger partial charge in [0.1, 0.15) is 6.10 Å². The lowest BCUT2D eigenvalue weighted by atomic mass is 9.98. The summed E-state index contributed by atoms with van der Waals surface area (Å²) in [5.74, 6) is 0. The Labute approximate surface area is 260 Å². The number of aliphatic hydroxyl groups excluding tert-OH is 2. The van der Waals surface area contributed by atoms with E-state index in [1.807, 2.05) is 54.9 Å². The van der Waals surface area contributed by atoms with Gasteiger partial charge in [-0.05, 0) is 53.8 Å². The first kappa shape index (κ1) is 27.3. The van der Waals surface area contributed by atoms with Crippen molar-refractivity contribution in [2.45, 2.75) is 32.7 Å². The summed E-state index contributed by atoms with van der Waals surface area (Å²) in [7, 11) is 0. The zero-order chi connectivity index (χ0) is 30.5. The van der Waals surface area contributed by atoms with E-state index in [0.29, 0.717) is 13.1 Å². The lowest BCUT2D eigenvalue weighted by molar-refractivity contribution is 0.222. The van der Waals surface area contributed by atoms with Gasteiger partial charge in [0.15, 0.2) is 0 Å². The minimum absolute atomic E-state index is 0.00736. The smallest absolute Gasteiger partial charge is 0.106 e. The third-order valence-electron chi connectivity index (χ3n) is 8.97. The van der Waals surface area contributed by atoms with E-state index in [1.54, 1.807) is 0 Å². The highest BCUT2D eigenvalue weighted by Crippen LogP contribution is 2.33. The Morgan fingerprint density at radius 1 is 0.711 bits per heavy atom. The SMILES string of the molecule is Cc1cccc2ccc(Cn3cc(C(O)c4ccc5c(Cn6cc(CO)c7ccccc76)nccc5c4)c4ccccc43)nc12. The number of para-hydroxylation sites is 3. The van der Waals surface area contributed by atoms with Gasteiger partial charge < -0.3 is 19.3 Å². The molecule has 0 spiro atoms. The Morgan fingerprint density at radius 3 is 2.33 bits per heavy atom. The Hall–Kier alpha value is -5.30. The number of hydrogen-bond acceptors (Lipinski definition) is 4. The van der Waals surface area contributed by atoms with Crippen LogP contribution in [0.25, 0.3) is 43.5 Å². The molecule has 0 fully saturated rings. The van der Waals surface area contributed by atoms with Crippen molar-refractivity contribution in [2.75, 3.05) is 0 Å². The Bertz CT molecular complexity index is 2370. The van der Waals surface area contributed by atoms with E-state index in [0.717, 1.165) is 77.1 Å². The molecule has 45 heavy (non-hydrogen) atoms. The largest absolute Gasteiger partial charge is 0.392 e. The molecule has 8 aromatic rings. The average molecular weight is 589 g/mol. The van der Waals surface area contributed by atoms with Crippen molar-refractivity contribution in [2.24, 2.45) is 0 Å². The van der Waals surface area contributed by atoms with E-state index in [9.17, 15) is 10.2 Å². The lowest BCUT2D eigenvalue weighted by Gasteiger charge is -2.13. The second-order valence-electron chi connectivity index (χ2n) is 11.8. The molecule has 0 amide bonds. The van der Waals surface area contributed by atoms with E-state index < -0.39 is 6.10 Å². The van der Waals surface area contributed by atoms with Crippen LogP contribution in [0, 0.1) is 6.92 Å². The van der Waals surface area contributed by atoms with Gasteiger partial charge in [0.25, 0.3) is 0 Å². The number of aliphatic hydroxyl groups is 2. The van der Waals surface area contributed by atoms with Crippen molar-refractivity contribution in [1.29, 1.82) is 0 Å². The summed E-state index contributed by atoms with van der Waals surface area (Å²) >= 11 is 0. The van der Waals surface area contributed by atoms with Crippen LogP contribution in [0.3, 0.4) is 0 Å². The first-order valence-electron chi connectivity index (χ1n) is 15.2. The van der Waals surface area contributed by atoms with Gasteiger partial charge in [0.2, 0.25) is 0 Å². The normalized spacial score (nSPS) is 12.5. The van der Waals surface area contributed by atoms with Gasteiger partial charge in [0.05, 0.1) is 36.6 Å². The maximum absolute atomic E-state index is 11.8. The highest BCUT2D eigenvalue weighted by molar-refractivity contribution is 5.88. The highest BCUT2D eigenvalue weighted by atomic mass is 16.3. The van der Waals surface area contributed by atoms with Crippen molar-refractivity contribution in [3.05, 3.63) is 155 Å². The second-order valence-corrected chi connectivity index (χ2v) is 11.8. The fraction of sp³-hybridized carbons (Fsp3) is 0.128. The molecule has 0 saturated carbocycles. The zero-order valence-electron chi connectivity index (χ0n) is 24.9.